The highest BCUT2D eigenvalue weighted by atomic mass is 19.4. The number of hydrogen-bond donors (Lipinski definition) is 0. The number of carbonyl (C=O) groups is 1. The topological polar surface area (TPSA) is 26.3 Å². The zero-order valence-corrected chi connectivity index (χ0v) is 7.59. The molecule has 0 bridgehead atoms. The number of hydrogen-bond acceptors (Lipinski definition) is 2. The van der Waals surface area contributed by atoms with Crippen molar-refractivity contribution < 1.29 is 31.5 Å². The van der Waals surface area contributed by atoms with E-state index in [-0.39, 0.29) is 6.47 Å². The van der Waals surface area contributed by atoms with Crippen molar-refractivity contribution in [1.29, 1.82) is 0 Å². The largest absolute Gasteiger partial charge is 0.458 e. The molecule has 0 spiro atoms. The molecular weight excluding hydrogens is 235 g/mol. The second-order valence-corrected chi connectivity index (χ2v) is 2.78. The molecule has 0 aliphatic rings. The monoisotopic (exact) mass is 240 g/mol. The summed E-state index contributed by atoms with van der Waals surface area (Å²) in [5.41, 5.74) is -1.39. The summed E-state index contributed by atoms with van der Waals surface area (Å²) in [5.74, 6) is -5.88. The van der Waals surface area contributed by atoms with Crippen molar-refractivity contribution in [3.8, 4) is 5.75 Å². The van der Waals surface area contributed by atoms with E-state index in [0.29, 0.717) is 6.07 Å². The van der Waals surface area contributed by atoms with Crippen molar-refractivity contribution in [2.24, 2.45) is 0 Å². The first kappa shape index (κ1) is 12.4. The molecule has 0 saturated carbocycles. The van der Waals surface area contributed by atoms with E-state index in [1.54, 1.807) is 0 Å². The zero-order chi connectivity index (χ0) is 12.4. The Morgan fingerprint density at radius 3 is 2.12 bits per heavy atom. The maximum Gasteiger partial charge on any atom is 0.458 e. The van der Waals surface area contributed by atoms with Crippen LogP contribution in [0.25, 0.3) is 0 Å². The predicted molar refractivity (Wildman–Crippen MR) is 43.1 cm³/mol. The molecule has 0 heterocycles. The molecule has 0 N–H and O–H groups in total. The summed E-state index contributed by atoms with van der Waals surface area (Å²) in [6.45, 7) is -0.217. The van der Waals surface area contributed by atoms with Crippen LogP contribution in [0.1, 0.15) is 5.56 Å². The van der Waals surface area contributed by atoms with Gasteiger partial charge in [0.2, 0.25) is 0 Å². The Morgan fingerprint density at radius 2 is 1.62 bits per heavy atom. The lowest BCUT2D eigenvalue weighted by molar-refractivity contribution is -0.289. The van der Waals surface area contributed by atoms with Crippen LogP contribution in [-0.4, -0.2) is 12.6 Å². The van der Waals surface area contributed by atoms with Crippen LogP contribution >= 0.6 is 0 Å². The molecule has 0 saturated heterocycles. The lowest BCUT2D eigenvalue weighted by Gasteiger charge is -2.21. The fourth-order valence-corrected chi connectivity index (χ4v) is 1.03. The number of alkyl halides is 5. The van der Waals surface area contributed by atoms with Crippen molar-refractivity contribution in [3.05, 3.63) is 29.8 Å². The molecule has 1 aromatic rings. The van der Waals surface area contributed by atoms with Crippen LogP contribution in [0, 0.1) is 0 Å². The van der Waals surface area contributed by atoms with E-state index in [1.165, 1.54) is 6.07 Å². The minimum Gasteiger partial charge on any atom is -0.428 e. The number of benzene rings is 1. The van der Waals surface area contributed by atoms with Gasteiger partial charge in [-0.2, -0.15) is 22.0 Å². The van der Waals surface area contributed by atoms with Gasteiger partial charge in [-0.25, -0.2) is 0 Å². The Balaban J connectivity index is 3.26. The molecule has 0 aromatic heterocycles. The van der Waals surface area contributed by atoms with Gasteiger partial charge >= 0.3 is 12.1 Å². The number of para-hydroxylation sites is 1. The van der Waals surface area contributed by atoms with Crippen LogP contribution < -0.4 is 4.74 Å². The molecule has 1 rings (SSSR count). The normalized spacial score (nSPS) is 12.3. The third-order valence-electron chi connectivity index (χ3n) is 1.76. The summed E-state index contributed by atoms with van der Waals surface area (Å²) in [5, 5.41) is 0. The van der Waals surface area contributed by atoms with Crippen molar-refractivity contribution in [3.63, 3.8) is 0 Å². The molecule has 0 atom stereocenters. The number of carbonyl (C=O) groups excluding carboxylic acids is 1. The van der Waals surface area contributed by atoms with E-state index in [9.17, 15) is 26.7 Å². The molecule has 7 heteroatoms. The van der Waals surface area contributed by atoms with Gasteiger partial charge in [-0.1, -0.05) is 12.1 Å². The third kappa shape index (κ3) is 2.12. The first-order chi connectivity index (χ1) is 7.30. The molecule has 0 unspecified atom stereocenters. The molecule has 0 amide bonds. The Bertz CT molecular complexity index is 386. The van der Waals surface area contributed by atoms with Gasteiger partial charge < -0.3 is 4.74 Å². The van der Waals surface area contributed by atoms with Crippen LogP contribution in [-0.2, 0) is 10.7 Å². The summed E-state index contributed by atoms with van der Waals surface area (Å²) in [7, 11) is 0. The third-order valence-corrected chi connectivity index (χ3v) is 1.76. The van der Waals surface area contributed by atoms with Crippen molar-refractivity contribution >= 4 is 6.47 Å². The lowest BCUT2D eigenvalue weighted by Crippen LogP contribution is -2.34. The fraction of sp³-hybridized carbons (Fsp3) is 0.222. The molecule has 2 nitrogen and oxygen atoms in total. The zero-order valence-electron chi connectivity index (χ0n) is 7.59. The molecule has 1 aromatic carbocycles. The van der Waals surface area contributed by atoms with Gasteiger partial charge in [0, 0.05) is 0 Å². The highest BCUT2D eigenvalue weighted by Gasteiger charge is 2.59. The van der Waals surface area contributed by atoms with Crippen LogP contribution in [0.15, 0.2) is 24.3 Å². The van der Waals surface area contributed by atoms with E-state index >= 15 is 0 Å². The van der Waals surface area contributed by atoms with Crippen LogP contribution in [0.5, 0.6) is 5.75 Å². The second-order valence-electron chi connectivity index (χ2n) is 2.78. The van der Waals surface area contributed by atoms with Gasteiger partial charge in [0.1, 0.15) is 5.75 Å². The average Bonchev–Trinajstić information content (AvgIpc) is 2.17. The van der Waals surface area contributed by atoms with E-state index in [0.717, 1.165) is 12.1 Å². The Hall–Kier alpha value is -1.66. The Morgan fingerprint density at radius 1 is 1.06 bits per heavy atom. The van der Waals surface area contributed by atoms with Crippen molar-refractivity contribution in [2.75, 3.05) is 0 Å². The Labute approximate surface area is 86.6 Å². The smallest absolute Gasteiger partial charge is 0.428 e. The molecule has 16 heavy (non-hydrogen) atoms. The minimum atomic E-state index is -5.74. The van der Waals surface area contributed by atoms with E-state index in [4.69, 9.17) is 0 Å². The standard InChI is InChI=1S/C9H5F5O2/c10-8(11,9(12,13)14)6-3-1-2-4-7(6)16-5-15/h1-5H. The molecule has 0 aliphatic heterocycles. The van der Waals surface area contributed by atoms with Gasteiger partial charge in [0.15, 0.2) is 0 Å². The van der Waals surface area contributed by atoms with Gasteiger partial charge in [0.05, 0.1) is 5.56 Å². The summed E-state index contributed by atoms with van der Waals surface area (Å²) in [4.78, 5) is 9.95. The quantitative estimate of drug-likeness (QED) is 0.599. The molecular formula is C9H5F5O2. The average molecular weight is 240 g/mol. The number of rotatable bonds is 3. The summed E-state index contributed by atoms with van der Waals surface area (Å²) < 4.78 is 66.0. The van der Waals surface area contributed by atoms with Gasteiger partial charge in [0.25, 0.3) is 6.47 Å². The number of ether oxygens (including phenoxy) is 1. The Kier molecular flexibility index (Phi) is 3.16. The molecule has 0 aliphatic carbocycles. The maximum atomic E-state index is 12.9. The summed E-state index contributed by atoms with van der Waals surface area (Å²) >= 11 is 0. The van der Waals surface area contributed by atoms with Gasteiger partial charge in [-0.3, -0.25) is 4.79 Å². The first-order valence-corrected chi connectivity index (χ1v) is 3.95. The minimum absolute atomic E-state index is 0.217. The highest BCUT2D eigenvalue weighted by Crippen LogP contribution is 2.46. The van der Waals surface area contributed by atoms with Crippen LogP contribution in [0.4, 0.5) is 22.0 Å². The highest BCUT2D eigenvalue weighted by molar-refractivity contribution is 5.49. The van der Waals surface area contributed by atoms with E-state index in [2.05, 4.69) is 4.74 Å². The lowest BCUT2D eigenvalue weighted by atomic mass is 10.1. The SMILES string of the molecule is O=COc1ccccc1C(F)(F)C(F)(F)F. The van der Waals surface area contributed by atoms with Gasteiger partial charge in [-0.05, 0) is 12.1 Å². The summed E-state index contributed by atoms with van der Waals surface area (Å²) in [6.07, 6.45) is -5.74. The molecule has 0 radical (unpaired) electrons. The first-order valence-electron chi connectivity index (χ1n) is 3.95. The maximum absolute atomic E-state index is 12.9. The number of halogens is 5. The van der Waals surface area contributed by atoms with E-state index < -0.39 is 23.4 Å². The molecule has 88 valence electrons. The molecule has 0 fully saturated rings. The predicted octanol–water partition coefficient (Wildman–Crippen LogP) is 2.88. The summed E-state index contributed by atoms with van der Waals surface area (Å²) in [6, 6.07) is 3.57. The van der Waals surface area contributed by atoms with E-state index in [1.807, 2.05) is 0 Å². The van der Waals surface area contributed by atoms with Crippen LogP contribution in [0.3, 0.4) is 0 Å². The second kappa shape index (κ2) is 4.07. The van der Waals surface area contributed by atoms with Gasteiger partial charge in [-0.15, -0.1) is 0 Å². The van der Waals surface area contributed by atoms with Crippen LogP contribution in [0.2, 0.25) is 0 Å². The van der Waals surface area contributed by atoms with Crippen molar-refractivity contribution in [1.82, 2.24) is 0 Å². The van der Waals surface area contributed by atoms with Crippen molar-refractivity contribution in [2.45, 2.75) is 12.1 Å². The fourth-order valence-electron chi connectivity index (χ4n) is 1.03.